The molecule has 2 aromatic carbocycles. The number of hydrogen-bond donors (Lipinski definition) is 1. The number of hydrogen-bond acceptors (Lipinski definition) is 6. The van der Waals surface area contributed by atoms with Gasteiger partial charge in [-0.25, -0.2) is 0 Å². The fraction of sp³-hybridized carbons (Fsp3) is 0.176. The van der Waals surface area contributed by atoms with Crippen LogP contribution in [0.3, 0.4) is 0 Å². The normalized spacial score (nSPS) is 10.5. The van der Waals surface area contributed by atoms with Crippen LogP contribution in [0.4, 0.5) is 6.01 Å². The Balaban J connectivity index is 1.79. The zero-order chi connectivity index (χ0) is 16.9. The Morgan fingerprint density at radius 3 is 2.71 bits per heavy atom. The Bertz CT molecular complexity index is 835. The highest BCUT2D eigenvalue weighted by atomic mass is 35.5. The van der Waals surface area contributed by atoms with Gasteiger partial charge < -0.3 is 19.3 Å². The van der Waals surface area contributed by atoms with Crippen LogP contribution in [-0.2, 0) is 6.54 Å². The summed E-state index contributed by atoms with van der Waals surface area (Å²) < 4.78 is 15.9. The molecule has 0 saturated heterocycles. The van der Waals surface area contributed by atoms with Crippen LogP contribution in [0.25, 0.3) is 11.4 Å². The van der Waals surface area contributed by atoms with Crippen molar-refractivity contribution in [1.82, 2.24) is 10.1 Å². The van der Waals surface area contributed by atoms with Crippen LogP contribution in [0.5, 0.6) is 11.5 Å². The van der Waals surface area contributed by atoms with Crippen LogP contribution in [-0.4, -0.2) is 24.4 Å². The zero-order valence-electron chi connectivity index (χ0n) is 13.2. The third-order valence-electron chi connectivity index (χ3n) is 3.40. The first kappa shape index (κ1) is 16.1. The largest absolute Gasteiger partial charge is 0.493 e. The molecule has 7 heteroatoms. The predicted molar refractivity (Wildman–Crippen MR) is 91.6 cm³/mol. The molecule has 0 aliphatic heterocycles. The molecule has 0 radical (unpaired) electrons. The van der Waals surface area contributed by atoms with Crippen molar-refractivity contribution < 1.29 is 14.0 Å². The molecule has 6 nitrogen and oxygen atoms in total. The molecule has 24 heavy (non-hydrogen) atoms. The molecule has 0 aliphatic carbocycles. The van der Waals surface area contributed by atoms with Crippen LogP contribution >= 0.6 is 11.6 Å². The molecule has 0 spiro atoms. The van der Waals surface area contributed by atoms with E-state index in [2.05, 4.69) is 15.5 Å². The number of ether oxygens (including phenoxy) is 2. The zero-order valence-corrected chi connectivity index (χ0v) is 14.0. The smallest absolute Gasteiger partial charge is 0.322 e. The third kappa shape index (κ3) is 3.44. The first-order chi connectivity index (χ1) is 11.7. The Kier molecular flexibility index (Phi) is 4.86. The number of aromatic nitrogens is 2. The summed E-state index contributed by atoms with van der Waals surface area (Å²) in [6, 6.07) is 13.3. The van der Waals surface area contributed by atoms with Crippen molar-refractivity contribution in [3.8, 4) is 22.9 Å². The minimum atomic E-state index is 0.315. The molecule has 0 aliphatic rings. The number of para-hydroxylation sites is 1. The Morgan fingerprint density at radius 2 is 1.96 bits per heavy atom. The van der Waals surface area contributed by atoms with Crippen molar-refractivity contribution in [3.05, 3.63) is 53.1 Å². The van der Waals surface area contributed by atoms with E-state index in [4.69, 9.17) is 25.6 Å². The number of benzene rings is 2. The van der Waals surface area contributed by atoms with Crippen molar-refractivity contribution in [2.45, 2.75) is 6.54 Å². The van der Waals surface area contributed by atoms with Gasteiger partial charge in [0.25, 0.3) is 0 Å². The molecule has 0 fully saturated rings. The summed E-state index contributed by atoms with van der Waals surface area (Å²) in [6.07, 6.45) is 0. The van der Waals surface area contributed by atoms with Crippen molar-refractivity contribution in [1.29, 1.82) is 0 Å². The monoisotopic (exact) mass is 345 g/mol. The lowest BCUT2D eigenvalue weighted by Gasteiger charge is -2.09. The number of rotatable bonds is 6. The van der Waals surface area contributed by atoms with Gasteiger partial charge in [0.2, 0.25) is 5.82 Å². The third-order valence-corrected chi connectivity index (χ3v) is 3.64. The lowest BCUT2D eigenvalue weighted by atomic mass is 10.2. The Labute approximate surface area is 144 Å². The second kappa shape index (κ2) is 7.23. The van der Waals surface area contributed by atoms with Gasteiger partial charge in [-0.15, -0.1) is 0 Å². The number of nitrogens with one attached hydrogen (secondary N) is 1. The van der Waals surface area contributed by atoms with Gasteiger partial charge in [0.05, 0.1) is 19.8 Å². The van der Waals surface area contributed by atoms with Crippen molar-refractivity contribution in [3.63, 3.8) is 0 Å². The van der Waals surface area contributed by atoms with Gasteiger partial charge in [-0.3, -0.25) is 0 Å². The first-order valence-corrected chi connectivity index (χ1v) is 7.62. The molecule has 0 atom stereocenters. The second-order valence-corrected chi connectivity index (χ2v) is 5.38. The fourth-order valence-electron chi connectivity index (χ4n) is 2.29. The summed E-state index contributed by atoms with van der Waals surface area (Å²) in [5, 5.41) is 7.75. The maximum atomic E-state index is 5.97. The summed E-state index contributed by atoms with van der Waals surface area (Å²) >= 11 is 5.97. The topological polar surface area (TPSA) is 69.4 Å². The van der Waals surface area contributed by atoms with E-state index in [1.165, 1.54) is 0 Å². The fourth-order valence-corrected chi connectivity index (χ4v) is 2.51. The summed E-state index contributed by atoms with van der Waals surface area (Å²) in [5.41, 5.74) is 1.71. The number of anilines is 1. The summed E-state index contributed by atoms with van der Waals surface area (Å²) in [4.78, 5) is 4.34. The number of halogens is 1. The second-order valence-electron chi connectivity index (χ2n) is 4.95. The quantitative estimate of drug-likeness (QED) is 0.727. The summed E-state index contributed by atoms with van der Waals surface area (Å²) in [6.45, 7) is 0.525. The average Bonchev–Trinajstić information content (AvgIpc) is 3.08. The van der Waals surface area contributed by atoms with Gasteiger partial charge in [-0.1, -0.05) is 35.0 Å². The molecule has 1 heterocycles. The number of methoxy groups -OCH3 is 2. The van der Waals surface area contributed by atoms with Gasteiger partial charge in [-0.2, -0.15) is 4.98 Å². The predicted octanol–water partition coefficient (Wildman–Crippen LogP) is 4.02. The van der Waals surface area contributed by atoms with Crippen LogP contribution in [0.2, 0.25) is 5.02 Å². The Hall–Kier alpha value is -2.73. The molecular weight excluding hydrogens is 330 g/mol. The first-order valence-electron chi connectivity index (χ1n) is 7.24. The maximum Gasteiger partial charge on any atom is 0.322 e. The average molecular weight is 346 g/mol. The summed E-state index contributed by atoms with van der Waals surface area (Å²) in [7, 11) is 3.15. The van der Waals surface area contributed by atoms with E-state index in [9.17, 15) is 0 Å². The minimum absolute atomic E-state index is 0.315. The molecule has 3 rings (SSSR count). The highest BCUT2D eigenvalue weighted by Crippen LogP contribution is 2.36. The maximum absolute atomic E-state index is 5.97. The molecule has 0 saturated carbocycles. The van der Waals surface area contributed by atoms with E-state index in [-0.39, 0.29) is 0 Å². The van der Waals surface area contributed by atoms with Crippen LogP contribution in [0.1, 0.15) is 5.56 Å². The van der Waals surface area contributed by atoms with Gasteiger partial charge in [0.1, 0.15) is 0 Å². The van der Waals surface area contributed by atoms with E-state index in [0.29, 0.717) is 40.5 Å². The van der Waals surface area contributed by atoms with Crippen molar-refractivity contribution >= 4 is 17.6 Å². The molecule has 3 aromatic rings. The van der Waals surface area contributed by atoms with E-state index in [1.54, 1.807) is 20.3 Å². The van der Waals surface area contributed by atoms with Crippen molar-refractivity contribution in [2.24, 2.45) is 0 Å². The lowest BCUT2D eigenvalue weighted by molar-refractivity contribution is 0.355. The van der Waals surface area contributed by atoms with Gasteiger partial charge in [0, 0.05) is 11.6 Å². The highest BCUT2D eigenvalue weighted by Gasteiger charge is 2.16. The molecule has 1 aromatic heterocycles. The Morgan fingerprint density at radius 1 is 1.12 bits per heavy atom. The molecule has 124 valence electrons. The van der Waals surface area contributed by atoms with E-state index < -0.39 is 0 Å². The van der Waals surface area contributed by atoms with E-state index >= 15 is 0 Å². The molecular formula is C17H16ClN3O3. The standard InChI is InChI=1S/C17H16ClN3O3/c1-22-14-8-4-7-13(15(14)23-2)16-20-17(24-21-16)19-10-11-5-3-6-12(18)9-11/h3-9H,10H2,1-2H3,(H,19,20,21). The van der Waals surface area contributed by atoms with Gasteiger partial charge >= 0.3 is 6.01 Å². The van der Waals surface area contributed by atoms with Gasteiger partial charge in [-0.05, 0) is 29.8 Å². The van der Waals surface area contributed by atoms with Gasteiger partial charge in [0.15, 0.2) is 11.5 Å². The molecule has 0 bridgehead atoms. The van der Waals surface area contributed by atoms with E-state index in [0.717, 1.165) is 5.56 Å². The number of nitrogens with zero attached hydrogens (tertiary/aromatic N) is 2. The highest BCUT2D eigenvalue weighted by molar-refractivity contribution is 6.30. The minimum Gasteiger partial charge on any atom is -0.493 e. The van der Waals surface area contributed by atoms with Crippen LogP contribution in [0.15, 0.2) is 47.0 Å². The van der Waals surface area contributed by atoms with Crippen LogP contribution < -0.4 is 14.8 Å². The lowest BCUT2D eigenvalue weighted by Crippen LogP contribution is -1.99. The van der Waals surface area contributed by atoms with Crippen molar-refractivity contribution in [2.75, 3.05) is 19.5 Å². The molecule has 0 amide bonds. The van der Waals surface area contributed by atoms with Crippen LogP contribution in [0, 0.1) is 0 Å². The molecule has 1 N–H and O–H groups in total. The summed E-state index contributed by atoms with van der Waals surface area (Å²) in [5.74, 6) is 1.58. The SMILES string of the molecule is COc1cccc(-c2noc(NCc3cccc(Cl)c3)n2)c1OC. The molecule has 0 unspecified atom stereocenters. The van der Waals surface area contributed by atoms with E-state index in [1.807, 2.05) is 36.4 Å².